The van der Waals surface area contributed by atoms with Crippen LogP contribution < -0.4 is 4.74 Å². The SMILES string of the molecule is CCCC(CC)C(CC)(CC)C(=O)Oc1ccc(CN(C)C)c(CN(C)C)c1CN(C)C. The van der Waals surface area contributed by atoms with E-state index >= 15 is 0 Å². The topological polar surface area (TPSA) is 36.0 Å². The van der Waals surface area contributed by atoms with Gasteiger partial charge < -0.3 is 19.4 Å². The van der Waals surface area contributed by atoms with Gasteiger partial charge in [-0.3, -0.25) is 4.79 Å². The second-order valence-corrected chi connectivity index (χ2v) is 10.0. The van der Waals surface area contributed by atoms with Crippen LogP contribution in [0.1, 0.15) is 76.5 Å². The standard InChI is InChI=1S/C27H49N3O2/c1-11-15-22(12-2)27(13-3,14-4)26(31)32-25-17-16-21(18-28(5)6)23(19-29(7)8)24(25)20-30(9)10/h16-17,22H,11-15,18-20H2,1-10H3. The van der Waals surface area contributed by atoms with Crippen LogP contribution in [0.25, 0.3) is 0 Å². The van der Waals surface area contributed by atoms with Gasteiger partial charge in [-0.2, -0.15) is 0 Å². The van der Waals surface area contributed by atoms with Crippen molar-refractivity contribution in [2.45, 2.75) is 79.4 Å². The maximum Gasteiger partial charge on any atom is 0.317 e. The first-order chi connectivity index (χ1) is 15.1. The van der Waals surface area contributed by atoms with Crippen molar-refractivity contribution >= 4 is 5.97 Å². The van der Waals surface area contributed by atoms with Crippen LogP contribution in [0.3, 0.4) is 0 Å². The Morgan fingerprint density at radius 1 is 0.844 bits per heavy atom. The predicted molar refractivity (Wildman–Crippen MR) is 136 cm³/mol. The molecule has 0 fully saturated rings. The highest BCUT2D eigenvalue weighted by molar-refractivity contribution is 5.80. The molecule has 0 aromatic heterocycles. The molecule has 1 rings (SSSR count). The van der Waals surface area contributed by atoms with Crippen LogP contribution in [-0.4, -0.2) is 63.0 Å². The third kappa shape index (κ3) is 7.29. The Kier molecular flexibility index (Phi) is 11.9. The first-order valence-electron chi connectivity index (χ1n) is 12.4. The van der Waals surface area contributed by atoms with Gasteiger partial charge in [-0.05, 0) is 84.7 Å². The Bertz CT molecular complexity index is 709. The molecule has 0 aliphatic carbocycles. The summed E-state index contributed by atoms with van der Waals surface area (Å²) in [5.41, 5.74) is 3.25. The molecule has 5 heteroatoms. The maximum absolute atomic E-state index is 13.8. The molecule has 0 aliphatic rings. The fraction of sp³-hybridized carbons (Fsp3) is 0.741. The predicted octanol–water partition coefficient (Wildman–Crippen LogP) is 5.41. The highest BCUT2D eigenvalue weighted by Gasteiger charge is 2.43. The van der Waals surface area contributed by atoms with Crippen LogP contribution in [0.4, 0.5) is 0 Å². The van der Waals surface area contributed by atoms with Crippen LogP contribution in [-0.2, 0) is 24.4 Å². The van der Waals surface area contributed by atoms with E-state index in [2.05, 4.69) is 90.7 Å². The molecule has 1 aromatic carbocycles. The van der Waals surface area contributed by atoms with E-state index in [0.717, 1.165) is 63.1 Å². The van der Waals surface area contributed by atoms with Gasteiger partial charge in [0.05, 0.1) is 5.41 Å². The average Bonchev–Trinajstić information content (AvgIpc) is 2.71. The number of rotatable bonds is 14. The zero-order chi connectivity index (χ0) is 24.5. The van der Waals surface area contributed by atoms with E-state index in [1.807, 2.05) is 6.07 Å². The fourth-order valence-electron chi connectivity index (χ4n) is 5.01. The number of hydrogen-bond donors (Lipinski definition) is 0. The van der Waals surface area contributed by atoms with Crippen molar-refractivity contribution in [1.29, 1.82) is 0 Å². The molecule has 1 unspecified atom stereocenters. The average molecular weight is 448 g/mol. The van der Waals surface area contributed by atoms with Crippen LogP contribution in [0.15, 0.2) is 12.1 Å². The molecule has 0 amide bonds. The quantitative estimate of drug-likeness (QED) is 0.281. The summed E-state index contributed by atoms with van der Waals surface area (Å²) in [5.74, 6) is 1.02. The lowest BCUT2D eigenvalue weighted by atomic mass is 9.68. The molecular formula is C27H49N3O2. The number of nitrogens with zero attached hydrogens (tertiary/aromatic N) is 3. The summed E-state index contributed by atoms with van der Waals surface area (Å²) in [4.78, 5) is 20.3. The van der Waals surface area contributed by atoms with Gasteiger partial charge in [0.1, 0.15) is 5.75 Å². The van der Waals surface area contributed by atoms with Crippen molar-refractivity contribution in [3.63, 3.8) is 0 Å². The molecule has 0 N–H and O–H groups in total. The lowest BCUT2D eigenvalue weighted by Crippen LogP contribution is -2.41. The largest absolute Gasteiger partial charge is 0.426 e. The van der Waals surface area contributed by atoms with E-state index in [1.165, 1.54) is 11.1 Å². The number of carbonyl (C=O) groups excluding carboxylic acids is 1. The monoisotopic (exact) mass is 447 g/mol. The maximum atomic E-state index is 13.8. The van der Waals surface area contributed by atoms with Crippen LogP contribution >= 0.6 is 0 Å². The smallest absolute Gasteiger partial charge is 0.317 e. The molecule has 0 aliphatic heterocycles. The molecule has 0 radical (unpaired) electrons. The van der Waals surface area contributed by atoms with Crippen molar-refractivity contribution in [2.75, 3.05) is 42.3 Å². The third-order valence-electron chi connectivity index (χ3n) is 6.70. The van der Waals surface area contributed by atoms with E-state index in [9.17, 15) is 4.79 Å². The Hall–Kier alpha value is -1.43. The minimum absolute atomic E-state index is 0.0565. The van der Waals surface area contributed by atoms with E-state index in [0.29, 0.717) is 5.92 Å². The van der Waals surface area contributed by atoms with Crippen molar-refractivity contribution < 1.29 is 9.53 Å². The van der Waals surface area contributed by atoms with E-state index in [-0.39, 0.29) is 5.97 Å². The van der Waals surface area contributed by atoms with Crippen LogP contribution in [0, 0.1) is 11.3 Å². The zero-order valence-corrected chi connectivity index (χ0v) is 22.5. The summed E-state index contributed by atoms with van der Waals surface area (Å²) in [6.07, 6.45) is 4.78. The minimum atomic E-state index is -0.426. The van der Waals surface area contributed by atoms with Gasteiger partial charge in [0.25, 0.3) is 0 Å². The van der Waals surface area contributed by atoms with E-state index in [4.69, 9.17) is 4.74 Å². The molecule has 1 atom stereocenters. The zero-order valence-electron chi connectivity index (χ0n) is 22.5. The van der Waals surface area contributed by atoms with Crippen molar-refractivity contribution in [1.82, 2.24) is 14.7 Å². The summed E-state index contributed by atoms with van der Waals surface area (Å²) in [6, 6.07) is 4.16. The third-order valence-corrected chi connectivity index (χ3v) is 6.70. The summed E-state index contributed by atoms with van der Waals surface area (Å²) in [7, 11) is 12.5. The molecule has 0 bridgehead atoms. The highest BCUT2D eigenvalue weighted by atomic mass is 16.5. The Morgan fingerprint density at radius 2 is 1.38 bits per heavy atom. The Balaban J connectivity index is 3.53. The molecule has 32 heavy (non-hydrogen) atoms. The minimum Gasteiger partial charge on any atom is -0.426 e. The van der Waals surface area contributed by atoms with Crippen molar-refractivity contribution in [3.05, 3.63) is 28.8 Å². The number of carbonyl (C=O) groups is 1. The summed E-state index contributed by atoms with van der Waals surface area (Å²) in [6.45, 7) is 11.1. The lowest BCUT2D eigenvalue weighted by molar-refractivity contribution is -0.150. The van der Waals surface area contributed by atoms with Gasteiger partial charge in [-0.1, -0.05) is 46.6 Å². The molecule has 0 spiro atoms. The first kappa shape index (κ1) is 28.6. The molecule has 5 nitrogen and oxygen atoms in total. The van der Waals surface area contributed by atoms with Gasteiger partial charge >= 0.3 is 5.97 Å². The molecule has 0 heterocycles. The summed E-state index contributed by atoms with van der Waals surface area (Å²) < 4.78 is 6.31. The molecule has 184 valence electrons. The Labute approximate surface area is 198 Å². The number of benzene rings is 1. The molecule has 1 aromatic rings. The Morgan fingerprint density at radius 3 is 1.81 bits per heavy atom. The summed E-state index contributed by atoms with van der Waals surface area (Å²) >= 11 is 0. The molecule has 0 saturated heterocycles. The normalized spacial score (nSPS) is 13.3. The van der Waals surface area contributed by atoms with Gasteiger partial charge in [0, 0.05) is 25.2 Å². The van der Waals surface area contributed by atoms with Crippen molar-refractivity contribution in [2.24, 2.45) is 11.3 Å². The fourth-order valence-corrected chi connectivity index (χ4v) is 5.01. The van der Waals surface area contributed by atoms with Gasteiger partial charge in [-0.25, -0.2) is 0 Å². The molecule has 0 saturated carbocycles. The van der Waals surface area contributed by atoms with Crippen LogP contribution in [0.5, 0.6) is 5.75 Å². The second-order valence-electron chi connectivity index (χ2n) is 10.0. The second kappa shape index (κ2) is 13.3. The van der Waals surface area contributed by atoms with Crippen molar-refractivity contribution in [3.8, 4) is 5.75 Å². The van der Waals surface area contributed by atoms with Crippen LogP contribution in [0.2, 0.25) is 0 Å². The summed E-state index contributed by atoms with van der Waals surface area (Å²) in [5, 5.41) is 0. The number of hydrogen-bond acceptors (Lipinski definition) is 5. The van der Waals surface area contributed by atoms with Gasteiger partial charge in [0.2, 0.25) is 0 Å². The molecular weight excluding hydrogens is 398 g/mol. The number of ether oxygens (including phenoxy) is 1. The van der Waals surface area contributed by atoms with E-state index < -0.39 is 5.41 Å². The first-order valence-corrected chi connectivity index (χ1v) is 12.4. The van der Waals surface area contributed by atoms with Gasteiger partial charge in [0.15, 0.2) is 0 Å². The van der Waals surface area contributed by atoms with Gasteiger partial charge in [-0.15, -0.1) is 0 Å². The highest BCUT2D eigenvalue weighted by Crippen LogP contribution is 2.42. The van der Waals surface area contributed by atoms with E-state index in [1.54, 1.807) is 0 Å². The number of esters is 1. The lowest BCUT2D eigenvalue weighted by Gasteiger charge is -2.37.